The Kier molecular flexibility index (Phi) is 6.41. The van der Waals surface area contributed by atoms with Gasteiger partial charge in [-0.05, 0) is 61.4 Å². The van der Waals surface area contributed by atoms with E-state index in [0.717, 1.165) is 62.6 Å². The van der Waals surface area contributed by atoms with E-state index in [1.54, 1.807) is 6.07 Å². The zero-order valence-electron chi connectivity index (χ0n) is 21.5. The third-order valence-electron chi connectivity index (χ3n) is 7.93. The SMILES string of the molecule is COc1cc(-c2cnc3cc(C4(CN5CCOCC5)CC4)ccn23)cc(OC(C)F)c1C(=O)CC1CC1. The van der Waals surface area contributed by atoms with E-state index in [4.69, 9.17) is 19.2 Å². The largest absolute Gasteiger partial charge is 0.496 e. The van der Waals surface area contributed by atoms with Crippen molar-refractivity contribution in [2.24, 2.45) is 5.92 Å². The molecule has 8 heteroatoms. The summed E-state index contributed by atoms with van der Waals surface area (Å²) in [6.07, 6.45) is 7.22. The fourth-order valence-corrected chi connectivity index (χ4v) is 5.53. The number of halogens is 1. The molecule has 0 amide bonds. The second-order valence-corrected chi connectivity index (χ2v) is 10.7. The van der Waals surface area contributed by atoms with Crippen LogP contribution in [0, 0.1) is 5.92 Å². The number of fused-ring (bicyclic) bond motifs is 1. The van der Waals surface area contributed by atoms with Gasteiger partial charge in [-0.2, -0.15) is 0 Å². The summed E-state index contributed by atoms with van der Waals surface area (Å²) in [6, 6.07) is 7.94. The summed E-state index contributed by atoms with van der Waals surface area (Å²) in [5, 5.41) is 0. The molecule has 7 nitrogen and oxygen atoms in total. The van der Waals surface area contributed by atoms with E-state index in [-0.39, 0.29) is 16.9 Å². The molecule has 2 saturated carbocycles. The number of hydrogen-bond acceptors (Lipinski definition) is 6. The molecule has 6 rings (SSSR count). The van der Waals surface area contributed by atoms with Gasteiger partial charge in [-0.3, -0.25) is 14.1 Å². The van der Waals surface area contributed by atoms with Gasteiger partial charge in [-0.1, -0.05) is 0 Å². The Morgan fingerprint density at radius 1 is 1.22 bits per heavy atom. The van der Waals surface area contributed by atoms with Crippen LogP contribution < -0.4 is 9.47 Å². The van der Waals surface area contributed by atoms with Gasteiger partial charge < -0.3 is 14.2 Å². The van der Waals surface area contributed by atoms with Gasteiger partial charge in [0, 0.05) is 50.2 Å². The van der Waals surface area contributed by atoms with Crippen LogP contribution in [0.3, 0.4) is 0 Å². The molecule has 1 aromatic carbocycles. The maximum atomic E-state index is 14.0. The maximum absolute atomic E-state index is 14.0. The molecule has 0 bridgehead atoms. The van der Waals surface area contributed by atoms with Gasteiger partial charge in [0.05, 0.1) is 32.2 Å². The van der Waals surface area contributed by atoms with Crippen LogP contribution >= 0.6 is 0 Å². The van der Waals surface area contributed by atoms with Crippen molar-refractivity contribution in [1.82, 2.24) is 14.3 Å². The Labute approximate surface area is 216 Å². The Hall–Kier alpha value is -2.97. The van der Waals surface area contributed by atoms with Crippen LogP contribution in [0.5, 0.6) is 11.5 Å². The van der Waals surface area contributed by atoms with Crippen molar-refractivity contribution in [2.75, 3.05) is 40.0 Å². The number of benzene rings is 1. The Bertz CT molecular complexity index is 1310. The number of carbonyl (C=O) groups excluding carboxylic acids is 1. The average molecular weight is 508 g/mol. The number of alkyl halides is 1. The Balaban J connectivity index is 1.33. The number of aromatic nitrogens is 2. The zero-order valence-corrected chi connectivity index (χ0v) is 21.5. The van der Waals surface area contributed by atoms with Gasteiger partial charge in [0.2, 0.25) is 6.36 Å². The molecule has 0 radical (unpaired) electrons. The molecule has 3 fully saturated rings. The molecule has 1 unspecified atom stereocenters. The van der Waals surface area contributed by atoms with Gasteiger partial charge in [-0.25, -0.2) is 9.37 Å². The van der Waals surface area contributed by atoms with Gasteiger partial charge >= 0.3 is 0 Å². The number of Topliss-reactive ketones (excluding diaryl/α,β-unsaturated/α-hetero) is 1. The molecule has 1 saturated heterocycles. The summed E-state index contributed by atoms with van der Waals surface area (Å²) < 4.78 is 32.7. The predicted molar refractivity (Wildman–Crippen MR) is 138 cm³/mol. The number of morpholine rings is 1. The van der Waals surface area contributed by atoms with Crippen molar-refractivity contribution < 1.29 is 23.4 Å². The van der Waals surface area contributed by atoms with Crippen molar-refractivity contribution in [2.45, 2.75) is 50.8 Å². The molecule has 0 spiro atoms. The number of hydrogen-bond donors (Lipinski definition) is 0. The monoisotopic (exact) mass is 507 g/mol. The lowest BCUT2D eigenvalue weighted by Gasteiger charge is -2.30. The highest BCUT2D eigenvalue weighted by Gasteiger charge is 2.45. The molecular formula is C29H34FN3O4. The molecule has 196 valence electrons. The lowest BCUT2D eigenvalue weighted by Crippen LogP contribution is -2.41. The highest BCUT2D eigenvalue weighted by Crippen LogP contribution is 2.49. The number of pyridine rings is 1. The minimum Gasteiger partial charge on any atom is -0.496 e. The van der Waals surface area contributed by atoms with Crippen LogP contribution in [-0.4, -0.2) is 66.4 Å². The lowest BCUT2D eigenvalue weighted by atomic mass is 9.96. The zero-order chi connectivity index (χ0) is 25.6. The summed E-state index contributed by atoms with van der Waals surface area (Å²) in [6.45, 7) is 5.95. The van der Waals surface area contributed by atoms with Gasteiger partial charge in [-0.15, -0.1) is 0 Å². The predicted octanol–water partition coefficient (Wildman–Crippen LogP) is 5.05. The summed E-state index contributed by atoms with van der Waals surface area (Å²) in [5.41, 5.74) is 4.27. The molecule has 1 atom stereocenters. The maximum Gasteiger partial charge on any atom is 0.235 e. The highest BCUT2D eigenvalue weighted by molar-refractivity contribution is 6.02. The third kappa shape index (κ3) is 4.97. The molecule has 37 heavy (non-hydrogen) atoms. The second kappa shape index (κ2) is 9.72. The van der Waals surface area contributed by atoms with Crippen molar-refractivity contribution >= 4 is 11.4 Å². The topological polar surface area (TPSA) is 65.3 Å². The smallest absolute Gasteiger partial charge is 0.235 e. The van der Waals surface area contributed by atoms with Crippen molar-refractivity contribution in [3.8, 4) is 22.8 Å². The molecule has 3 aromatic rings. The van der Waals surface area contributed by atoms with E-state index in [1.165, 1.54) is 32.4 Å². The van der Waals surface area contributed by atoms with Gasteiger partial charge in [0.1, 0.15) is 22.7 Å². The molecule has 2 aliphatic carbocycles. The van der Waals surface area contributed by atoms with E-state index in [1.807, 2.05) is 16.7 Å². The first kappa shape index (κ1) is 24.4. The summed E-state index contributed by atoms with van der Waals surface area (Å²) in [7, 11) is 1.53. The Morgan fingerprint density at radius 3 is 2.65 bits per heavy atom. The molecule has 2 aromatic heterocycles. The molecule has 3 aliphatic rings. The molecule has 0 N–H and O–H groups in total. The number of ketones is 1. The minimum absolute atomic E-state index is 0.0701. The number of methoxy groups -OCH3 is 1. The first-order valence-corrected chi connectivity index (χ1v) is 13.3. The van der Waals surface area contributed by atoms with Crippen LogP contribution in [0.1, 0.15) is 54.9 Å². The van der Waals surface area contributed by atoms with Crippen LogP contribution in [0.2, 0.25) is 0 Å². The van der Waals surface area contributed by atoms with Crippen molar-refractivity contribution in [3.05, 3.63) is 47.8 Å². The van der Waals surface area contributed by atoms with E-state index >= 15 is 0 Å². The van der Waals surface area contributed by atoms with Crippen molar-refractivity contribution in [1.29, 1.82) is 0 Å². The van der Waals surface area contributed by atoms with E-state index in [9.17, 15) is 9.18 Å². The fourth-order valence-electron chi connectivity index (χ4n) is 5.53. The first-order chi connectivity index (χ1) is 18.0. The quantitative estimate of drug-likeness (QED) is 0.358. The van der Waals surface area contributed by atoms with Crippen molar-refractivity contribution in [3.63, 3.8) is 0 Å². The lowest BCUT2D eigenvalue weighted by molar-refractivity contribution is 0.0336. The van der Waals surface area contributed by atoms with E-state index in [0.29, 0.717) is 23.7 Å². The normalized spacial score (nSPS) is 20.1. The summed E-state index contributed by atoms with van der Waals surface area (Å²) in [4.78, 5) is 20.3. The summed E-state index contributed by atoms with van der Waals surface area (Å²) >= 11 is 0. The standard InChI is InChI=1S/C29H34FN3O4/c1-19(30)37-26-15-21(14-25(35-2)28(26)24(34)13-20-3-4-20)23-17-31-27-16-22(5-8-33(23)27)29(6-7-29)18-32-9-11-36-12-10-32/h5,8,14-17,19-20H,3-4,6-7,9-13,18H2,1-2H3. The second-order valence-electron chi connectivity index (χ2n) is 10.7. The van der Waals surface area contributed by atoms with Crippen LogP contribution in [0.15, 0.2) is 36.7 Å². The van der Waals surface area contributed by atoms with Gasteiger partial charge in [0.15, 0.2) is 5.78 Å². The third-order valence-corrected chi connectivity index (χ3v) is 7.93. The molecule has 3 heterocycles. The van der Waals surface area contributed by atoms with Crippen LogP contribution in [0.4, 0.5) is 4.39 Å². The Morgan fingerprint density at radius 2 is 1.97 bits per heavy atom. The van der Waals surface area contributed by atoms with E-state index in [2.05, 4.69) is 23.2 Å². The molecular weight excluding hydrogens is 473 g/mol. The number of nitrogens with zero attached hydrogens (tertiary/aromatic N) is 3. The number of ether oxygens (including phenoxy) is 3. The molecule has 1 aliphatic heterocycles. The minimum atomic E-state index is -1.56. The van der Waals surface area contributed by atoms with Crippen LogP contribution in [0.25, 0.3) is 16.9 Å². The highest BCUT2D eigenvalue weighted by atomic mass is 19.1. The van der Waals surface area contributed by atoms with Crippen LogP contribution in [-0.2, 0) is 10.2 Å². The van der Waals surface area contributed by atoms with Gasteiger partial charge in [0.25, 0.3) is 0 Å². The van der Waals surface area contributed by atoms with E-state index < -0.39 is 6.36 Å². The number of carbonyl (C=O) groups is 1. The first-order valence-electron chi connectivity index (χ1n) is 13.3. The fraction of sp³-hybridized carbons (Fsp3) is 0.517. The average Bonchev–Trinajstić information content (AvgIpc) is 3.82. The summed E-state index contributed by atoms with van der Waals surface area (Å²) in [5.74, 6) is 0.940. The number of imidazole rings is 1. The number of rotatable bonds is 10.